The summed E-state index contributed by atoms with van der Waals surface area (Å²) >= 11 is 3.30. The highest BCUT2D eigenvalue weighted by Gasteiger charge is 2.25. The second kappa shape index (κ2) is 6.66. The van der Waals surface area contributed by atoms with Crippen LogP contribution in [0.5, 0.6) is 0 Å². The van der Waals surface area contributed by atoms with Gasteiger partial charge in [-0.25, -0.2) is 4.79 Å². The predicted octanol–water partition coefficient (Wildman–Crippen LogP) is 1.92. The van der Waals surface area contributed by atoms with Crippen LogP contribution in [0.4, 0.5) is 0 Å². The number of rotatable bonds is 5. The highest BCUT2D eigenvalue weighted by atomic mass is 79.9. The van der Waals surface area contributed by atoms with E-state index in [0.717, 1.165) is 5.56 Å². The Morgan fingerprint density at radius 2 is 2.06 bits per heavy atom. The van der Waals surface area contributed by atoms with Gasteiger partial charge in [-0.05, 0) is 18.9 Å². The summed E-state index contributed by atoms with van der Waals surface area (Å²) in [5, 5.41) is 9.66. The molecule has 1 rings (SSSR count). The molecule has 0 heterocycles. The zero-order valence-electron chi connectivity index (χ0n) is 9.10. The minimum atomic E-state index is -1.12. The van der Waals surface area contributed by atoms with E-state index in [0.29, 0.717) is 6.42 Å². The van der Waals surface area contributed by atoms with Gasteiger partial charge in [0.1, 0.15) is 0 Å². The van der Waals surface area contributed by atoms with Crippen molar-refractivity contribution in [3.05, 3.63) is 35.9 Å². The lowest BCUT2D eigenvalue weighted by Gasteiger charge is -2.15. The average molecular weight is 287 g/mol. The first-order valence-electron chi connectivity index (χ1n) is 5.17. The number of hydrogen-bond donors (Lipinski definition) is 1. The van der Waals surface area contributed by atoms with Crippen molar-refractivity contribution in [2.45, 2.75) is 24.3 Å². The monoisotopic (exact) mass is 286 g/mol. The quantitative estimate of drug-likeness (QED) is 0.665. The fourth-order valence-corrected chi connectivity index (χ4v) is 1.92. The number of carbonyl (C=O) groups is 1. The first-order valence-corrected chi connectivity index (χ1v) is 6.09. The molecular formula is C12H15BrO3. The van der Waals surface area contributed by atoms with Crippen LogP contribution in [-0.2, 0) is 16.0 Å². The van der Waals surface area contributed by atoms with Crippen LogP contribution in [0.15, 0.2) is 30.3 Å². The Morgan fingerprint density at radius 3 is 2.62 bits per heavy atom. The van der Waals surface area contributed by atoms with Gasteiger partial charge in [-0.15, -0.1) is 0 Å². The van der Waals surface area contributed by atoms with Crippen LogP contribution in [0.25, 0.3) is 0 Å². The lowest BCUT2D eigenvalue weighted by atomic mass is 10.1. The van der Waals surface area contributed by atoms with Crippen molar-refractivity contribution >= 4 is 21.9 Å². The summed E-state index contributed by atoms with van der Waals surface area (Å²) in [6.07, 6.45) is -0.541. The largest absolute Gasteiger partial charge is 0.464 e. The van der Waals surface area contributed by atoms with E-state index < -0.39 is 12.1 Å². The minimum Gasteiger partial charge on any atom is -0.464 e. The molecule has 0 aliphatic rings. The van der Waals surface area contributed by atoms with Crippen LogP contribution in [0.2, 0.25) is 0 Å². The SMILES string of the molecule is CCOC(=O)[C@H](O)[C@@H](Br)Cc1ccccc1. The molecule has 0 aromatic heterocycles. The molecule has 0 fully saturated rings. The van der Waals surface area contributed by atoms with Crippen LogP contribution in [0.1, 0.15) is 12.5 Å². The van der Waals surface area contributed by atoms with Gasteiger partial charge < -0.3 is 9.84 Å². The van der Waals surface area contributed by atoms with Gasteiger partial charge in [-0.3, -0.25) is 0 Å². The minimum absolute atomic E-state index is 0.279. The molecular weight excluding hydrogens is 272 g/mol. The number of alkyl halides is 1. The van der Waals surface area contributed by atoms with Crippen LogP contribution in [0, 0.1) is 0 Å². The van der Waals surface area contributed by atoms with Crippen molar-refractivity contribution in [1.82, 2.24) is 0 Å². The molecule has 1 aromatic rings. The van der Waals surface area contributed by atoms with E-state index in [2.05, 4.69) is 15.9 Å². The molecule has 0 unspecified atom stereocenters. The fourth-order valence-electron chi connectivity index (χ4n) is 1.33. The molecule has 0 saturated heterocycles. The van der Waals surface area contributed by atoms with Crippen LogP contribution in [0.3, 0.4) is 0 Å². The van der Waals surface area contributed by atoms with E-state index in [1.54, 1.807) is 6.92 Å². The maximum absolute atomic E-state index is 11.3. The van der Waals surface area contributed by atoms with Crippen molar-refractivity contribution in [3.8, 4) is 0 Å². The number of hydrogen-bond acceptors (Lipinski definition) is 3. The third-order valence-electron chi connectivity index (χ3n) is 2.14. The second-order valence-corrected chi connectivity index (χ2v) is 4.58. The van der Waals surface area contributed by atoms with E-state index in [1.165, 1.54) is 0 Å². The van der Waals surface area contributed by atoms with Crippen molar-refractivity contribution in [2.24, 2.45) is 0 Å². The smallest absolute Gasteiger partial charge is 0.336 e. The van der Waals surface area contributed by atoms with Crippen LogP contribution >= 0.6 is 15.9 Å². The number of ether oxygens (including phenoxy) is 1. The van der Waals surface area contributed by atoms with E-state index in [9.17, 15) is 9.90 Å². The number of benzene rings is 1. The maximum Gasteiger partial charge on any atom is 0.336 e. The van der Waals surface area contributed by atoms with Crippen molar-refractivity contribution in [3.63, 3.8) is 0 Å². The number of carbonyl (C=O) groups excluding carboxylic acids is 1. The molecule has 0 saturated carbocycles. The number of esters is 1. The summed E-state index contributed by atoms with van der Waals surface area (Å²) in [5.74, 6) is -0.583. The molecule has 1 N–H and O–H groups in total. The van der Waals surface area contributed by atoms with Gasteiger partial charge in [0.2, 0.25) is 0 Å². The van der Waals surface area contributed by atoms with E-state index >= 15 is 0 Å². The zero-order valence-corrected chi connectivity index (χ0v) is 10.7. The molecule has 0 bridgehead atoms. The third kappa shape index (κ3) is 3.94. The van der Waals surface area contributed by atoms with Crippen molar-refractivity contribution in [1.29, 1.82) is 0 Å². The molecule has 0 radical (unpaired) electrons. The van der Waals surface area contributed by atoms with Crippen molar-refractivity contribution < 1.29 is 14.6 Å². The summed E-state index contributed by atoms with van der Waals surface area (Å²) < 4.78 is 4.74. The van der Waals surface area contributed by atoms with E-state index in [4.69, 9.17) is 4.74 Å². The van der Waals surface area contributed by atoms with Gasteiger partial charge in [0.25, 0.3) is 0 Å². The molecule has 0 aliphatic heterocycles. The summed E-state index contributed by atoms with van der Waals surface area (Å²) in [7, 11) is 0. The molecule has 88 valence electrons. The topological polar surface area (TPSA) is 46.5 Å². The standard InChI is InChI=1S/C12H15BrO3/c1-2-16-12(15)11(14)10(13)8-9-6-4-3-5-7-9/h3-7,10-11,14H,2,8H2,1H3/t10-,11+/m0/s1. The van der Waals surface area contributed by atoms with Crippen molar-refractivity contribution in [2.75, 3.05) is 6.61 Å². The molecule has 1 aromatic carbocycles. The van der Waals surface area contributed by atoms with Crippen LogP contribution < -0.4 is 0 Å². The summed E-state index contributed by atoms with van der Waals surface area (Å²) in [5.41, 5.74) is 1.06. The number of aliphatic hydroxyl groups excluding tert-OH is 1. The lowest BCUT2D eigenvalue weighted by Crippen LogP contribution is -2.33. The highest BCUT2D eigenvalue weighted by molar-refractivity contribution is 9.09. The Kier molecular flexibility index (Phi) is 5.49. The Balaban J connectivity index is 2.52. The molecule has 0 spiro atoms. The summed E-state index contributed by atoms with van der Waals surface area (Å²) in [6, 6.07) is 9.67. The third-order valence-corrected chi connectivity index (χ3v) is 2.97. The van der Waals surface area contributed by atoms with Gasteiger partial charge in [0.05, 0.1) is 11.4 Å². The highest BCUT2D eigenvalue weighted by Crippen LogP contribution is 2.14. The fraction of sp³-hybridized carbons (Fsp3) is 0.417. The van der Waals surface area contributed by atoms with Gasteiger partial charge in [-0.1, -0.05) is 46.3 Å². The average Bonchev–Trinajstić information content (AvgIpc) is 2.29. The van der Waals surface area contributed by atoms with E-state index in [1.807, 2.05) is 30.3 Å². The van der Waals surface area contributed by atoms with E-state index in [-0.39, 0.29) is 11.4 Å². The summed E-state index contributed by atoms with van der Waals surface area (Å²) in [6.45, 7) is 1.99. The summed E-state index contributed by atoms with van der Waals surface area (Å²) in [4.78, 5) is 10.9. The molecule has 2 atom stereocenters. The van der Waals surface area contributed by atoms with Crippen LogP contribution in [-0.4, -0.2) is 28.6 Å². The Morgan fingerprint density at radius 1 is 1.44 bits per heavy atom. The molecule has 4 heteroatoms. The molecule has 16 heavy (non-hydrogen) atoms. The normalized spacial score (nSPS) is 14.2. The molecule has 0 amide bonds. The maximum atomic E-state index is 11.3. The Hall–Kier alpha value is -0.870. The first kappa shape index (κ1) is 13.2. The predicted molar refractivity (Wildman–Crippen MR) is 65.5 cm³/mol. The molecule has 3 nitrogen and oxygen atoms in total. The number of halogens is 1. The second-order valence-electron chi connectivity index (χ2n) is 3.40. The molecule has 0 aliphatic carbocycles. The zero-order chi connectivity index (χ0) is 12.0. The lowest BCUT2D eigenvalue weighted by molar-refractivity contribution is -0.152. The number of aliphatic hydroxyl groups is 1. The van der Waals surface area contributed by atoms with Gasteiger partial charge >= 0.3 is 5.97 Å². The Labute approximate surface area is 104 Å². The van der Waals surface area contributed by atoms with Gasteiger partial charge in [0, 0.05) is 0 Å². The van der Waals surface area contributed by atoms with Gasteiger partial charge in [0.15, 0.2) is 6.10 Å². The Bertz CT molecular complexity index is 326. The first-order chi connectivity index (χ1) is 7.65. The van der Waals surface area contributed by atoms with Gasteiger partial charge in [-0.2, -0.15) is 0 Å².